The van der Waals surface area contributed by atoms with Crippen molar-refractivity contribution in [2.45, 2.75) is 46.0 Å². The zero-order valence-electron chi connectivity index (χ0n) is 8.55. The molecule has 0 aromatic rings. The van der Waals surface area contributed by atoms with Gasteiger partial charge in [-0.25, -0.2) is 0 Å². The summed E-state index contributed by atoms with van der Waals surface area (Å²) in [6, 6.07) is 0. The second-order valence-electron chi connectivity index (χ2n) is 3.25. The molecule has 0 aliphatic heterocycles. The molecule has 1 atom stereocenters. The summed E-state index contributed by atoms with van der Waals surface area (Å²) in [7, 11) is 0. The van der Waals surface area contributed by atoms with Crippen molar-refractivity contribution in [3.63, 3.8) is 0 Å². The fraction of sp³-hybridized carbons (Fsp3) is 0.667. The van der Waals surface area contributed by atoms with Gasteiger partial charge in [0.05, 0.1) is 0 Å². The lowest BCUT2D eigenvalue weighted by molar-refractivity contribution is 0.561. The van der Waals surface area contributed by atoms with Gasteiger partial charge in [0, 0.05) is 0 Å². The van der Waals surface area contributed by atoms with Crippen LogP contribution in [0.2, 0.25) is 0 Å². The molecule has 12 heavy (non-hydrogen) atoms. The van der Waals surface area contributed by atoms with Gasteiger partial charge < -0.3 is 0 Å². The Hall–Kier alpha value is -0.520. The van der Waals surface area contributed by atoms with E-state index in [2.05, 4.69) is 32.6 Å². The van der Waals surface area contributed by atoms with Crippen LogP contribution in [0, 0.1) is 5.92 Å². The van der Waals surface area contributed by atoms with Crippen molar-refractivity contribution < 1.29 is 0 Å². The number of unbranched alkanes of at least 4 members (excludes halogenated alkanes) is 1. The van der Waals surface area contributed by atoms with Crippen molar-refractivity contribution in [3.8, 4) is 0 Å². The van der Waals surface area contributed by atoms with Crippen LogP contribution in [-0.4, -0.2) is 0 Å². The van der Waals surface area contributed by atoms with Crippen LogP contribution >= 0.6 is 0 Å². The van der Waals surface area contributed by atoms with E-state index in [0.29, 0.717) is 0 Å². The topological polar surface area (TPSA) is 0 Å². The monoisotopic (exact) mass is 166 g/mol. The van der Waals surface area contributed by atoms with Crippen molar-refractivity contribution >= 4 is 0 Å². The zero-order valence-corrected chi connectivity index (χ0v) is 8.55. The number of allylic oxidation sites excluding steroid dienone is 3. The first-order valence-electron chi connectivity index (χ1n) is 5.12. The Bertz CT molecular complexity index is 122. The third-order valence-corrected chi connectivity index (χ3v) is 2.13. The van der Waals surface area contributed by atoms with E-state index < -0.39 is 0 Å². The van der Waals surface area contributed by atoms with Gasteiger partial charge in [0.25, 0.3) is 0 Å². The minimum absolute atomic E-state index is 0.805. The fourth-order valence-corrected chi connectivity index (χ4v) is 1.31. The van der Waals surface area contributed by atoms with E-state index in [1.165, 1.54) is 19.3 Å². The maximum Gasteiger partial charge on any atom is -0.0236 e. The summed E-state index contributed by atoms with van der Waals surface area (Å²) in [6.07, 6.45) is 12.8. The van der Waals surface area contributed by atoms with Crippen molar-refractivity contribution in [3.05, 3.63) is 24.8 Å². The van der Waals surface area contributed by atoms with Crippen LogP contribution in [-0.2, 0) is 0 Å². The van der Waals surface area contributed by atoms with E-state index in [4.69, 9.17) is 0 Å². The molecule has 0 aromatic heterocycles. The predicted octanol–water partition coefficient (Wildman–Crippen LogP) is 4.34. The first-order valence-corrected chi connectivity index (χ1v) is 5.12. The number of hydrogen-bond acceptors (Lipinski definition) is 0. The zero-order chi connectivity index (χ0) is 9.23. The van der Waals surface area contributed by atoms with Crippen LogP contribution in [0.4, 0.5) is 0 Å². The molecule has 0 aliphatic rings. The Labute approximate surface area is 77.4 Å². The molecule has 0 radical (unpaired) electrons. The highest BCUT2D eigenvalue weighted by Gasteiger charge is 1.97. The summed E-state index contributed by atoms with van der Waals surface area (Å²) in [4.78, 5) is 0. The molecule has 1 unspecified atom stereocenters. The normalized spacial score (nSPS) is 13.5. The molecule has 0 saturated carbocycles. The van der Waals surface area contributed by atoms with Crippen LogP contribution < -0.4 is 0 Å². The summed E-state index contributed by atoms with van der Waals surface area (Å²) in [6.45, 7) is 8.21. The van der Waals surface area contributed by atoms with E-state index in [1.807, 2.05) is 6.08 Å². The maximum absolute atomic E-state index is 3.70. The summed E-state index contributed by atoms with van der Waals surface area (Å²) < 4.78 is 0. The van der Waals surface area contributed by atoms with Gasteiger partial charge in [-0.2, -0.15) is 0 Å². The third kappa shape index (κ3) is 6.21. The lowest BCUT2D eigenvalue weighted by atomic mass is 10.00. The lowest BCUT2D eigenvalue weighted by Gasteiger charge is -2.06. The average Bonchev–Trinajstić information content (AvgIpc) is 2.10. The Morgan fingerprint density at radius 1 is 1.25 bits per heavy atom. The summed E-state index contributed by atoms with van der Waals surface area (Å²) in [5, 5.41) is 0. The van der Waals surface area contributed by atoms with Gasteiger partial charge in [-0.05, 0) is 31.6 Å². The molecule has 0 bridgehead atoms. The van der Waals surface area contributed by atoms with Crippen LogP contribution in [0.15, 0.2) is 24.8 Å². The quantitative estimate of drug-likeness (QED) is 0.390. The highest BCUT2D eigenvalue weighted by molar-refractivity contribution is 4.89. The molecule has 0 spiro atoms. The molecule has 0 heteroatoms. The van der Waals surface area contributed by atoms with E-state index in [9.17, 15) is 0 Å². The average molecular weight is 166 g/mol. The van der Waals surface area contributed by atoms with Crippen LogP contribution in [0.1, 0.15) is 46.0 Å². The van der Waals surface area contributed by atoms with Crippen molar-refractivity contribution in [1.29, 1.82) is 0 Å². The lowest BCUT2D eigenvalue weighted by Crippen LogP contribution is -1.92. The Morgan fingerprint density at radius 2 is 2.00 bits per heavy atom. The molecule has 0 fully saturated rings. The fourth-order valence-electron chi connectivity index (χ4n) is 1.31. The van der Waals surface area contributed by atoms with Gasteiger partial charge >= 0.3 is 0 Å². The van der Waals surface area contributed by atoms with Crippen molar-refractivity contribution in [2.75, 3.05) is 0 Å². The van der Waals surface area contributed by atoms with Crippen molar-refractivity contribution in [2.24, 2.45) is 5.92 Å². The largest absolute Gasteiger partial charge is 0.103 e. The summed E-state index contributed by atoms with van der Waals surface area (Å²) >= 11 is 0. The Morgan fingerprint density at radius 3 is 2.50 bits per heavy atom. The first kappa shape index (κ1) is 11.5. The van der Waals surface area contributed by atoms with Gasteiger partial charge in [-0.1, -0.05) is 38.5 Å². The van der Waals surface area contributed by atoms with Gasteiger partial charge in [-0.3, -0.25) is 0 Å². The molecule has 0 heterocycles. The Balaban J connectivity index is 3.52. The minimum Gasteiger partial charge on any atom is -0.103 e. The second kappa shape index (κ2) is 8.58. The first-order chi connectivity index (χ1) is 5.85. The van der Waals surface area contributed by atoms with Gasteiger partial charge in [0.1, 0.15) is 0 Å². The molecular formula is C12H22. The van der Waals surface area contributed by atoms with Gasteiger partial charge in [0.2, 0.25) is 0 Å². The SMILES string of the molecule is C=CCC/C=C/C(CC)CCC. The van der Waals surface area contributed by atoms with Gasteiger partial charge in [0.15, 0.2) is 0 Å². The molecular weight excluding hydrogens is 144 g/mol. The van der Waals surface area contributed by atoms with Crippen LogP contribution in [0.25, 0.3) is 0 Å². The predicted molar refractivity (Wildman–Crippen MR) is 57.3 cm³/mol. The number of rotatable bonds is 7. The second-order valence-corrected chi connectivity index (χ2v) is 3.25. The Kier molecular flexibility index (Phi) is 8.20. The van der Waals surface area contributed by atoms with Crippen LogP contribution in [0.5, 0.6) is 0 Å². The summed E-state index contributed by atoms with van der Waals surface area (Å²) in [5.41, 5.74) is 0. The molecule has 0 rings (SSSR count). The highest BCUT2D eigenvalue weighted by atomic mass is 14.0. The van der Waals surface area contributed by atoms with Gasteiger partial charge in [-0.15, -0.1) is 6.58 Å². The molecule has 70 valence electrons. The minimum atomic E-state index is 0.805. The summed E-state index contributed by atoms with van der Waals surface area (Å²) in [5.74, 6) is 0.805. The molecule has 0 N–H and O–H groups in total. The van der Waals surface area contributed by atoms with E-state index >= 15 is 0 Å². The third-order valence-electron chi connectivity index (χ3n) is 2.13. The highest BCUT2D eigenvalue weighted by Crippen LogP contribution is 2.12. The smallest absolute Gasteiger partial charge is 0.0236 e. The van der Waals surface area contributed by atoms with Crippen molar-refractivity contribution in [1.82, 2.24) is 0 Å². The van der Waals surface area contributed by atoms with E-state index in [0.717, 1.165) is 18.8 Å². The van der Waals surface area contributed by atoms with Crippen LogP contribution in [0.3, 0.4) is 0 Å². The van der Waals surface area contributed by atoms with E-state index in [-0.39, 0.29) is 0 Å². The molecule has 0 aromatic carbocycles. The standard InChI is InChI=1S/C12H22/c1-4-7-8-9-11-12(6-3)10-5-2/h4,9,11-12H,1,5-8,10H2,2-3H3/b11-9+. The molecule has 0 amide bonds. The molecule has 0 aliphatic carbocycles. The number of hydrogen-bond donors (Lipinski definition) is 0. The maximum atomic E-state index is 3.70. The molecule has 0 nitrogen and oxygen atoms in total. The molecule has 0 saturated heterocycles. The van der Waals surface area contributed by atoms with E-state index in [1.54, 1.807) is 0 Å².